The number of unbranched alkanes of at least 4 members (excludes halogenated alkanes) is 15. The number of carbonyl (C=O) groups excluding carboxylic acids is 1. The highest BCUT2D eigenvalue weighted by Gasteiger charge is 2.01. The average Bonchev–Trinajstić information content (AvgIpc) is 2.80. The lowest BCUT2D eigenvalue weighted by molar-refractivity contribution is -0.121. The van der Waals surface area contributed by atoms with Gasteiger partial charge in [-0.1, -0.05) is 126 Å². The lowest BCUT2D eigenvalue weighted by Crippen LogP contribution is -2.22. The molecule has 0 aliphatic carbocycles. The molecule has 0 fully saturated rings. The highest BCUT2D eigenvalue weighted by Crippen LogP contribution is 2.12. The number of allylic oxidation sites excluding steroid dienone is 2. The van der Waals surface area contributed by atoms with Gasteiger partial charge in [-0.2, -0.15) is 0 Å². The van der Waals surface area contributed by atoms with Crippen LogP contribution in [0, 0.1) is 0 Å². The maximum Gasteiger partial charge on any atom is 0.220 e. The van der Waals surface area contributed by atoms with Crippen LogP contribution in [0.15, 0.2) is 42.5 Å². The van der Waals surface area contributed by atoms with E-state index in [-0.39, 0.29) is 5.91 Å². The van der Waals surface area contributed by atoms with Gasteiger partial charge in [0.25, 0.3) is 0 Å². The van der Waals surface area contributed by atoms with Gasteiger partial charge in [0, 0.05) is 13.0 Å². The Morgan fingerprint density at radius 2 is 1.16 bits per heavy atom. The molecule has 1 aromatic carbocycles. The van der Waals surface area contributed by atoms with Crippen LogP contribution in [0.25, 0.3) is 0 Å². The van der Waals surface area contributed by atoms with E-state index in [4.69, 9.17) is 0 Å². The zero-order valence-electron chi connectivity index (χ0n) is 20.4. The van der Waals surface area contributed by atoms with Crippen LogP contribution in [0.2, 0.25) is 0 Å². The van der Waals surface area contributed by atoms with Gasteiger partial charge in [-0.3, -0.25) is 4.79 Å². The van der Waals surface area contributed by atoms with Crippen LogP contribution in [0.1, 0.15) is 128 Å². The topological polar surface area (TPSA) is 29.1 Å². The third kappa shape index (κ3) is 18.9. The summed E-state index contributed by atoms with van der Waals surface area (Å²) in [6.45, 7) is 2.93. The molecule has 0 aliphatic rings. The Balaban J connectivity index is 1.75. The van der Waals surface area contributed by atoms with Gasteiger partial charge < -0.3 is 5.32 Å². The summed E-state index contributed by atoms with van der Waals surface area (Å²) in [5.74, 6) is 0.185. The van der Waals surface area contributed by atoms with Crippen molar-refractivity contribution in [3.05, 3.63) is 48.0 Å². The Labute approximate surface area is 193 Å². The van der Waals surface area contributed by atoms with Gasteiger partial charge in [0.2, 0.25) is 5.91 Å². The first kappa shape index (κ1) is 27.5. The fourth-order valence-corrected chi connectivity index (χ4v) is 3.95. The van der Waals surface area contributed by atoms with Gasteiger partial charge in [-0.25, -0.2) is 0 Å². The van der Waals surface area contributed by atoms with Crippen molar-refractivity contribution < 1.29 is 4.79 Å². The number of nitrogens with one attached hydrogen (secondary N) is 1. The SMILES string of the molecule is CCCCCCCCC=CCCCCCCCCCCCC(=O)NCc1ccccc1. The summed E-state index contributed by atoms with van der Waals surface area (Å²) < 4.78 is 0. The minimum atomic E-state index is 0.185. The number of carbonyl (C=O) groups is 1. The van der Waals surface area contributed by atoms with Gasteiger partial charge in [-0.05, 0) is 37.7 Å². The summed E-state index contributed by atoms with van der Waals surface area (Å²) >= 11 is 0. The third-order valence-electron chi connectivity index (χ3n) is 6.00. The van der Waals surface area contributed by atoms with Crippen molar-refractivity contribution in [1.29, 1.82) is 0 Å². The molecule has 0 bridgehead atoms. The molecule has 2 nitrogen and oxygen atoms in total. The van der Waals surface area contributed by atoms with Crippen LogP contribution < -0.4 is 5.32 Å². The molecule has 1 N–H and O–H groups in total. The van der Waals surface area contributed by atoms with Crippen LogP contribution in [0.5, 0.6) is 0 Å². The van der Waals surface area contributed by atoms with Gasteiger partial charge in [0.1, 0.15) is 0 Å². The average molecular weight is 428 g/mol. The second-order valence-corrected chi connectivity index (χ2v) is 9.01. The maximum atomic E-state index is 11.9. The van der Waals surface area contributed by atoms with Gasteiger partial charge in [0.05, 0.1) is 0 Å². The molecule has 0 saturated heterocycles. The first-order valence-electron chi connectivity index (χ1n) is 13.3. The first-order valence-corrected chi connectivity index (χ1v) is 13.3. The molecule has 0 saturated carbocycles. The molecule has 0 aliphatic heterocycles. The van der Waals surface area contributed by atoms with E-state index in [1.165, 1.54) is 108 Å². The lowest BCUT2D eigenvalue weighted by Gasteiger charge is -2.05. The molecule has 1 aromatic rings. The van der Waals surface area contributed by atoms with Crippen LogP contribution in [0.3, 0.4) is 0 Å². The highest BCUT2D eigenvalue weighted by atomic mass is 16.1. The second-order valence-electron chi connectivity index (χ2n) is 9.01. The van der Waals surface area contributed by atoms with Crippen molar-refractivity contribution in [3.8, 4) is 0 Å². The van der Waals surface area contributed by atoms with Crippen molar-refractivity contribution in [2.45, 2.75) is 129 Å². The second kappa shape index (κ2) is 21.7. The van der Waals surface area contributed by atoms with Crippen molar-refractivity contribution in [2.75, 3.05) is 0 Å². The lowest BCUT2D eigenvalue weighted by atomic mass is 10.1. The van der Waals surface area contributed by atoms with E-state index in [9.17, 15) is 4.79 Å². The maximum absolute atomic E-state index is 11.9. The summed E-state index contributed by atoms with van der Waals surface area (Å²) in [6.07, 6.45) is 28.0. The van der Waals surface area contributed by atoms with Crippen molar-refractivity contribution in [3.63, 3.8) is 0 Å². The number of hydrogen-bond acceptors (Lipinski definition) is 1. The van der Waals surface area contributed by atoms with Crippen molar-refractivity contribution in [1.82, 2.24) is 5.32 Å². The molecule has 0 atom stereocenters. The Bertz CT molecular complexity index is 537. The molecule has 0 spiro atoms. The molecular weight excluding hydrogens is 378 g/mol. The molecule has 2 heteroatoms. The monoisotopic (exact) mass is 427 g/mol. The smallest absolute Gasteiger partial charge is 0.220 e. The molecule has 176 valence electrons. The molecule has 31 heavy (non-hydrogen) atoms. The summed E-state index contributed by atoms with van der Waals surface area (Å²) in [6, 6.07) is 10.1. The largest absolute Gasteiger partial charge is 0.352 e. The van der Waals surface area contributed by atoms with Gasteiger partial charge in [0.15, 0.2) is 0 Å². The van der Waals surface area contributed by atoms with Crippen molar-refractivity contribution in [2.24, 2.45) is 0 Å². The summed E-state index contributed by atoms with van der Waals surface area (Å²) in [5.41, 5.74) is 1.17. The van der Waals surface area contributed by atoms with Gasteiger partial charge >= 0.3 is 0 Å². The first-order chi connectivity index (χ1) is 15.3. The van der Waals surface area contributed by atoms with E-state index in [2.05, 4.69) is 24.4 Å². The van der Waals surface area contributed by atoms with E-state index < -0.39 is 0 Å². The Morgan fingerprint density at radius 1 is 0.677 bits per heavy atom. The van der Waals surface area contributed by atoms with E-state index in [0.29, 0.717) is 13.0 Å². The minimum Gasteiger partial charge on any atom is -0.352 e. The molecule has 1 rings (SSSR count). The molecule has 0 heterocycles. The van der Waals surface area contributed by atoms with E-state index in [1.807, 2.05) is 30.3 Å². The third-order valence-corrected chi connectivity index (χ3v) is 6.00. The summed E-state index contributed by atoms with van der Waals surface area (Å²) in [7, 11) is 0. The number of benzene rings is 1. The highest BCUT2D eigenvalue weighted by molar-refractivity contribution is 5.75. The Hall–Kier alpha value is -1.57. The molecule has 0 aromatic heterocycles. The number of rotatable bonds is 21. The molecule has 0 unspecified atom stereocenters. The minimum absolute atomic E-state index is 0.185. The zero-order valence-corrected chi connectivity index (χ0v) is 20.4. The van der Waals surface area contributed by atoms with E-state index in [0.717, 1.165) is 6.42 Å². The standard InChI is InChI=1S/C29H49NO/c1-2-3-4-5-6-7-8-9-10-11-12-13-14-15-16-17-18-19-23-26-29(31)30-27-28-24-21-20-22-25-28/h9-10,20-22,24-25H,2-8,11-19,23,26-27H2,1H3,(H,30,31). The predicted molar refractivity (Wildman–Crippen MR) is 136 cm³/mol. The predicted octanol–water partition coefficient (Wildman–Crippen LogP) is 8.90. The molecule has 1 amide bonds. The van der Waals surface area contributed by atoms with Crippen LogP contribution in [-0.2, 0) is 11.3 Å². The Morgan fingerprint density at radius 3 is 1.71 bits per heavy atom. The molecular formula is C29H49NO. The fourth-order valence-electron chi connectivity index (χ4n) is 3.95. The fraction of sp³-hybridized carbons (Fsp3) is 0.690. The summed E-state index contributed by atoms with van der Waals surface area (Å²) in [5, 5.41) is 3.01. The number of hydrogen-bond donors (Lipinski definition) is 1. The zero-order chi connectivity index (χ0) is 22.2. The van der Waals surface area contributed by atoms with E-state index in [1.54, 1.807) is 0 Å². The van der Waals surface area contributed by atoms with Crippen LogP contribution >= 0.6 is 0 Å². The Kier molecular flexibility index (Phi) is 19.2. The number of amides is 1. The quantitative estimate of drug-likeness (QED) is 0.154. The summed E-state index contributed by atoms with van der Waals surface area (Å²) in [4.78, 5) is 11.9. The van der Waals surface area contributed by atoms with Crippen molar-refractivity contribution >= 4 is 5.91 Å². The molecule has 0 radical (unpaired) electrons. The van der Waals surface area contributed by atoms with Gasteiger partial charge in [-0.15, -0.1) is 0 Å². The van der Waals surface area contributed by atoms with Crippen LogP contribution in [0.4, 0.5) is 0 Å². The van der Waals surface area contributed by atoms with E-state index >= 15 is 0 Å². The van der Waals surface area contributed by atoms with Crippen LogP contribution in [-0.4, -0.2) is 5.91 Å². The normalized spacial score (nSPS) is 11.3.